The Morgan fingerprint density at radius 1 is 0.867 bits per heavy atom. The van der Waals surface area contributed by atoms with E-state index in [1.807, 2.05) is 47.8 Å². The molecule has 0 spiro atoms. The van der Waals surface area contributed by atoms with E-state index >= 15 is 0 Å². The minimum absolute atomic E-state index is 0.150. The first-order valence-electron chi connectivity index (χ1n) is 9.74. The van der Waals surface area contributed by atoms with Crippen molar-refractivity contribution in [3.63, 3.8) is 0 Å². The van der Waals surface area contributed by atoms with Crippen molar-refractivity contribution in [1.29, 1.82) is 0 Å². The van der Waals surface area contributed by atoms with Gasteiger partial charge in [0, 0.05) is 35.8 Å². The van der Waals surface area contributed by atoms with E-state index < -0.39 is 10.0 Å². The molecular weight excluding hydrogens is 418 g/mol. The van der Waals surface area contributed by atoms with Crippen molar-refractivity contribution in [2.75, 3.05) is 25.0 Å². The van der Waals surface area contributed by atoms with E-state index in [4.69, 9.17) is 0 Å². The molecular formula is C22H25N3O3S2. The number of anilines is 1. The highest BCUT2D eigenvalue weighted by Gasteiger charge is 2.14. The average molecular weight is 444 g/mol. The summed E-state index contributed by atoms with van der Waals surface area (Å²) >= 11 is 1.60. The quantitative estimate of drug-likeness (QED) is 0.396. The molecule has 1 aromatic heterocycles. The lowest BCUT2D eigenvalue weighted by Crippen LogP contribution is -2.27. The Morgan fingerprint density at radius 3 is 2.33 bits per heavy atom. The topological polar surface area (TPSA) is 87.3 Å². The van der Waals surface area contributed by atoms with Gasteiger partial charge in [0.2, 0.25) is 10.0 Å². The molecule has 0 aliphatic carbocycles. The van der Waals surface area contributed by atoms with Crippen molar-refractivity contribution >= 4 is 33.0 Å². The van der Waals surface area contributed by atoms with Gasteiger partial charge in [0.25, 0.3) is 5.91 Å². The van der Waals surface area contributed by atoms with Gasteiger partial charge in [-0.05, 0) is 60.7 Å². The summed E-state index contributed by atoms with van der Waals surface area (Å²) in [6.07, 6.45) is 1.43. The average Bonchev–Trinajstić information content (AvgIpc) is 3.27. The van der Waals surface area contributed by atoms with Crippen LogP contribution >= 0.6 is 11.3 Å². The van der Waals surface area contributed by atoms with Crippen molar-refractivity contribution in [2.45, 2.75) is 17.7 Å². The number of thiophene rings is 1. The summed E-state index contributed by atoms with van der Waals surface area (Å²) in [5, 5.41) is 8.10. The van der Waals surface area contributed by atoms with Gasteiger partial charge in [0.15, 0.2) is 0 Å². The van der Waals surface area contributed by atoms with Crippen LogP contribution in [0, 0.1) is 0 Å². The molecule has 3 aromatic rings. The highest BCUT2D eigenvalue weighted by molar-refractivity contribution is 7.89. The minimum atomic E-state index is -3.59. The van der Waals surface area contributed by atoms with Gasteiger partial charge in [-0.2, -0.15) is 0 Å². The van der Waals surface area contributed by atoms with E-state index in [0.29, 0.717) is 25.1 Å². The number of benzene rings is 2. The van der Waals surface area contributed by atoms with Crippen LogP contribution in [0.3, 0.4) is 0 Å². The van der Waals surface area contributed by atoms with Crippen LogP contribution in [0.25, 0.3) is 0 Å². The van der Waals surface area contributed by atoms with E-state index in [1.165, 1.54) is 24.3 Å². The maximum Gasteiger partial charge on any atom is 0.251 e. The number of sulfonamides is 1. The molecule has 6 nitrogen and oxygen atoms in total. The van der Waals surface area contributed by atoms with Gasteiger partial charge in [-0.25, -0.2) is 13.1 Å². The lowest BCUT2D eigenvalue weighted by atomic mass is 10.2. The van der Waals surface area contributed by atoms with Gasteiger partial charge < -0.3 is 10.6 Å². The normalized spacial score (nSPS) is 11.2. The molecule has 0 aliphatic heterocycles. The molecule has 0 radical (unpaired) electrons. The molecule has 0 bridgehead atoms. The van der Waals surface area contributed by atoms with Gasteiger partial charge in [-0.1, -0.05) is 24.3 Å². The Balaban J connectivity index is 1.41. The van der Waals surface area contributed by atoms with E-state index in [9.17, 15) is 13.2 Å². The first kappa shape index (κ1) is 22.0. The smallest absolute Gasteiger partial charge is 0.251 e. The van der Waals surface area contributed by atoms with Crippen LogP contribution in [-0.4, -0.2) is 34.0 Å². The lowest BCUT2D eigenvalue weighted by molar-refractivity contribution is 0.0953. The predicted molar refractivity (Wildman–Crippen MR) is 122 cm³/mol. The fourth-order valence-corrected chi connectivity index (χ4v) is 4.55. The molecule has 0 saturated carbocycles. The van der Waals surface area contributed by atoms with Crippen LogP contribution in [0.1, 0.15) is 21.7 Å². The zero-order valence-corrected chi connectivity index (χ0v) is 18.1. The molecule has 8 heteroatoms. The summed E-state index contributed by atoms with van der Waals surface area (Å²) in [6.45, 7) is 1.61. The second kappa shape index (κ2) is 10.9. The SMILES string of the molecule is O=C(NCCCNc1ccccc1)c1ccc(S(=O)(=O)NCCc2cccs2)cc1. The fraction of sp³-hybridized carbons (Fsp3) is 0.227. The highest BCUT2D eigenvalue weighted by atomic mass is 32.2. The number of nitrogens with one attached hydrogen (secondary N) is 3. The van der Waals surface area contributed by atoms with Crippen molar-refractivity contribution < 1.29 is 13.2 Å². The Kier molecular flexibility index (Phi) is 8.01. The first-order valence-corrected chi connectivity index (χ1v) is 12.1. The van der Waals surface area contributed by atoms with E-state index in [0.717, 1.165) is 23.5 Å². The molecule has 3 N–H and O–H groups in total. The number of carbonyl (C=O) groups is 1. The summed E-state index contributed by atoms with van der Waals surface area (Å²) in [4.78, 5) is 13.5. The number of carbonyl (C=O) groups excluding carboxylic acids is 1. The second-order valence-corrected chi connectivity index (χ2v) is 9.45. The molecule has 0 unspecified atom stereocenters. The van der Waals surface area contributed by atoms with Gasteiger partial charge in [-0.3, -0.25) is 4.79 Å². The van der Waals surface area contributed by atoms with Crippen LogP contribution < -0.4 is 15.4 Å². The second-order valence-electron chi connectivity index (χ2n) is 6.65. The zero-order valence-electron chi connectivity index (χ0n) is 16.5. The number of hydrogen-bond donors (Lipinski definition) is 3. The number of para-hydroxylation sites is 1. The van der Waals surface area contributed by atoms with Crippen molar-refractivity contribution in [1.82, 2.24) is 10.0 Å². The van der Waals surface area contributed by atoms with Crippen molar-refractivity contribution in [2.24, 2.45) is 0 Å². The molecule has 1 heterocycles. The van der Waals surface area contributed by atoms with Gasteiger partial charge >= 0.3 is 0 Å². The molecule has 2 aromatic carbocycles. The summed E-state index contributed by atoms with van der Waals surface area (Å²) in [5.74, 6) is -0.218. The van der Waals surface area contributed by atoms with Crippen LogP contribution in [0.4, 0.5) is 5.69 Å². The van der Waals surface area contributed by atoms with E-state index in [2.05, 4.69) is 15.4 Å². The van der Waals surface area contributed by atoms with Crippen LogP contribution in [-0.2, 0) is 16.4 Å². The third kappa shape index (κ3) is 6.69. The zero-order chi connectivity index (χ0) is 21.2. The predicted octanol–water partition coefficient (Wildman–Crippen LogP) is 3.50. The standard InChI is InChI=1S/C22H25N3O3S2/c26-22(24-15-5-14-23-19-6-2-1-3-7-19)18-9-11-21(12-10-18)30(27,28)25-16-13-20-8-4-17-29-20/h1-4,6-12,17,23,25H,5,13-16H2,(H,24,26). The van der Waals surface area contributed by atoms with E-state index in [1.54, 1.807) is 11.3 Å². The molecule has 3 rings (SSSR count). The first-order chi connectivity index (χ1) is 14.5. The highest BCUT2D eigenvalue weighted by Crippen LogP contribution is 2.12. The Bertz CT molecular complexity index is 1020. The van der Waals surface area contributed by atoms with Gasteiger partial charge in [-0.15, -0.1) is 11.3 Å². The largest absolute Gasteiger partial charge is 0.385 e. The summed E-state index contributed by atoms with van der Waals surface area (Å²) in [6, 6.07) is 19.8. The van der Waals surface area contributed by atoms with Crippen LogP contribution in [0.5, 0.6) is 0 Å². The molecule has 158 valence electrons. The van der Waals surface area contributed by atoms with Crippen LogP contribution in [0.2, 0.25) is 0 Å². The Labute approximate surface area is 181 Å². The third-order valence-corrected chi connectivity index (χ3v) is 6.83. The number of amides is 1. The summed E-state index contributed by atoms with van der Waals surface area (Å²) in [5.41, 5.74) is 1.48. The summed E-state index contributed by atoms with van der Waals surface area (Å²) in [7, 11) is -3.59. The molecule has 0 fully saturated rings. The third-order valence-electron chi connectivity index (χ3n) is 4.41. The van der Waals surface area contributed by atoms with Crippen LogP contribution in [0.15, 0.2) is 77.0 Å². The fourth-order valence-electron chi connectivity index (χ4n) is 2.81. The molecule has 0 saturated heterocycles. The molecule has 30 heavy (non-hydrogen) atoms. The minimum Gasteiger partial charge on any atom is -0.385 e. The maximum atomic E-state index is 12.4. The number of hydrogen-bond acceptors (Lipinski definition) is 5. The van der Waals surface area contributed by atoms with Gasteiger partial charge in [0.1, 0.15) is 0 Å². The molecule has 0 atom stereocenters. The number of rotatable bonds is 11. The van der Waals surface area contributed by atoms with Gasteiger partial charge in [0.05, 0.1) is 4.90 Å². The molecule has 0 aliphatic rings. The van der Waals surface area contributed by atoms with E-state index in [-0.39, 0.29) is 10.8 Å². The Morgan fingerprint density at radius 2 is 1.63 bits per heavy atom. The maximum absolute atomic E-state index is 12.4. The lowest BCUT2D eigenvalue weighted by Gasteiger charge is -2.09. The van der Waals surface area contributed by atoms with Crippen molar-refractivity contribution in [3.8, 4) is 0 Å². The monoisotopic (exact) mass is 443 g/mol. The van der Waals surface area contributed by atoms with Crippen molar-refractivity contribution in [3.05, 3.63) is 82.6 Å². The molecule has 1 amide bonds. The Hall–Kier alpha value is -2.68. The summed E-state index contributed by atoms with van der Waals surface area (Å²) < 4.78 is 27.4.